The number of aryl methyl sites for hydroxylation is 2. The minimum atomic E-state index is -3.30. The van der Waals surface area contributed by atoms with Gasteiger partial charge in [-0.15, -0.1) is 0 Å². The van der Waals surface area contributed by atoms with Gasteiger partial charge in [0.1, 0.15) is 17.5 Å². The van der Waals surface area contributed by atoms with E-state index in [9.17, 15) is 13.2 Å². The van der Waals surface area contributed by atoms with Crippen molar-refractivity contribution in [2.24, 2.45) is 7.05 Å². The first-order valence-electron chi connectivity index (χ1n) is 9.48. The molecule has 0 atom stereocenters. The van der Waals surface area contributed by atoms with Gasteiger partial charge >= 0.3 is 0 Å². The largest absolute Gasteiger partial charge is 0.339 e. The van der Waals surface area contributed by atoms with E-state index >= 15 is 0 Å². The SMILES string of the molecule is Cc1ccnc(Nc2cc3ccn(C)c(=O)c3c(Nc3ccc(S(C)(=O)=O)cc3)n2)c1. The second kappa shape index (κ2) is 7.84. The van der Waals surface area contributed by atoms with Crippen molar-refractivity contribution in [3.05, 3.63) is 76.8 Å². The lowest BCUT2D eigenvalue weighted by Gasteiger charge is -2.13. The molecule has 8 nitrogen and oxygen atoms in total. The van der Waals surface area contributed by atoms with Gasteiger partial charge in [0.2, 0.25) is 0 Å². The van der Waals surface area contributed by atoms with Gasteiger partial charge < -0.3 is 15.2 Å². The minimum absolute atomic E-state index is 0.194. The van der Waals surface area contributed by atoms with Crippen LogP contribution in [0.2, 0.25) is 0 Å². The molecular weight excluding hydrogens is 414 g/mol. The summed E-state index contributed by atoms with van der Waals surface area (Å²) in [6.07, 6.45) is 4.56. The van der Waals surface area contributed by atoms with Crippen molar-refractivity contribution in [3.8, 4) is 0 Å². The van der Waals surface area contributed by atoms with Crippen LogP contribution in [0.4, 0.5) is 23.1 Å². The van der Waals surface area contributed by atoms with Crippen LogP contribution in [0, 0.1) is 6.92 Å². The molecule has 0 fully saturated rings. The quantitative estimate of drug-likeness (QED) is 0.494. The van der Waals surface area contributed by atoms with Crippen LogP contribution in [0.5, 0.6) is 0 Å². The first-order chi connectivity index (χ1) is 14.7. The van der Waals surface area contributed by atoms with Gasteiger partial charge in [-0.25, -0.2) is 18.4 Å². The Morgan fingerprint density at radius 2 is 1.71 bits per heavy atom. The van der Waals surface area contributed by atoms with Crippen LogP contribution in [-0.2, 0) is 16.9 Å². The number of hydrogen-bond acceptors (Lipinski definition) is 7. The average molecular weight is 436 g/mol. The number of benzene rings is 1. The summed E-state index contributed by atoms with van der Waals surface area (Å²) in [6.45, 7) is 1.97. The van der Waals surface area contributed by atoms with Crippen molar-refractivity contribution >= 4 is 43.8 Å². The number of nitrogens with zero attached hydrogens (tertiary/aromatic N) is 3. The first kappa shape index (κ1) is 20.5. The summed E-state index contributed by atoms with van der Waals surface area (Å²) in [5, 5.41) is 7.47. The van der Waals surface area contributed by atoms with Gasteiger partial charge in [0.25, 0.3) is 5.56 Å². The van der Waals surface area contributed by atoms with Crippen molar-refractivity contribution in [1.82, 2.24) is 14.5 Å². The van der Waals surface area contributed by atoms with Crippen molar-refractivity contribution in [2.75, 3.05) is 16.9 Å². The highest BCUT2D eigenvalue weighted by atomic mass is 32.2. The molecule has 0 aliphatic heterocycles. The lowest BCUT2D eigenvalue weighted by molar-refractivity contribution is 0.602. The number of nitrogens with one attached hydrogen (secondary N) is 2. The van der Waals surface area contributed by atoms with Crippen molar-refractivity contribution < 1.29 is 8.42 Å². The van der Waals surface area contributed by atoms with Crippen LogP contribution in [0.3, 0.4) is 0 Å². The van der Waals surface area contributed by atoms with E-state index in [-0.39, 0.29) is 10.5 Å². The number of fused-ring (bicyclic) bond motifs is 1. The third kappa shape index (κ3) is 4.41. The van der Waals surface area contributed by atoms with E-state index in [2.05, 4.69) is 20.6 Å². The van der Waals surface area contributed by atoms with Crippen LogP contribution in [0.25, 0.3) is 10.8 Å². The summed E-state index contributed by atoms with van der Waals surface area (Å²) in [7, 11) is -1.62. The number of sulfone groups is 1. The van der Waals surface area contributed by atoms with Crippen LogP contribution in [0.15, 0.2) is 70.6 Å². The predicted molar refractivity (Wildman–Crippen MR) is 122 cm³/mol. The molecule has 9 heteroatoms. The fraction of sp³-hybridized carbons (Fsp3) is 0.136. The molecule has 1 aromatic carbocycles. The molecule has 4 aromatic rings. The van der Waals surface area contributed by atoms with E-state index in [1.807, 2.05) is 25.1 Å². The molecule has 0 radical (unpaired) electrons. The van der Waals surface area contributed by atoms with Crippen LogP contribution >= 0.6 is 0 Å². The van der Waals surface area contributed by atoms with Crippen LogP contribution in [-0.4, -0.2) is 29.2 Å². The highest BCUT2D eigenvalue weighted by Gasteiger charge is 2.13. The van der Waals surface area contributed by atoms with Gasteiger partial charge in [0.05, 0.1) is 10.3 Å². The van der Waals surface area contributed by atoms with E-state index < -0.39 is 9.84 Å². The molecule has 3 aromatic heterocycles. The molecule has 0 aliphatic rings. The summed E-state index contributed by atoms with van der Waals surface area (Å²) < 4.78 is 24.9. The number of hydrogen-bond donors (Lipinski definition) is 2. The maximum atomic E-state index is 12.8. The van der Waals surface area contributed by atoms with Crippen molar-refractivity contribution in [3.63, 3.8) is 0 Å². The second-order valence-electron chi connectivity index (χ2n) is 7.32. The molecule has 0 saturated carbocycles. The summed E-state index contributed by atoms with van der Waals surface area (Å²) in [5.41, 5.74) is 1.47. The van der Waals surface area contributed by atoms with Gasteiger partial charge in [-0.2, -0.15) is 0 Å². The minimum Gasteiger partial charge on any atom is -0.339 e. The Kier molecular flexibility index (Phi) is 5.20. The first-order valence-corrected chi connectivity index (χ1v) is 11.4. The maximum absolute atomic E-state index is 12.8. The second-order valence-corrected chi connectivity index (χ2v) is 9.33. The third-order valence-corrected chi connectivity index (χ3v) is 5.91. The predicted octanol–water partition coefficient (Wildman–Crippen LogP) is 3.53. The Bertz CT molecular complexity index is 1440. The normalized spacial score (nSPS) is 11.5. The lowest BCUT2D eigenvalue weighted by Crippen LogP contribution is -2.17. The van der Waals surface area contributed by atoms with Crippen LogP contribution in [0.1, 0.15) is 5.56 Å². The fourth-order valence-corrected chi connectivity index (χ4v) is 3.80. The van der Waals surface area contributed by atoms with E-state index in [1.165, 1.54) is 16.7 Å². The zero-order chi connectivity index (χ0) is 22.2. The van der Waals surface area contributed by atoms with Crippen LogP contribution < -0.4 is 16.2 Å². The zero-order valence-corrected chi connectivity index (χ0v) is 18.1. The van der Waals surface area contributed by atoms with E-state index in [0.717, 1.165) is 11.8 Å². The smallest absolute Gasteiger partial charge is 0.261 e. The van der Waals surface area contributed by atoms with Gasteiger partial charge in [0.15, 0.2) is 9.84 Å². The maximum Gasteiger partial charge on any atom is 0.261 e. The molecule has 0 unspecified atom stereocenters. The van der Waals surface area contributed by atoms with Gasteiger partial charge in [-0.05, 0) is 66.4 Å². The average Bonchev–Trinajstić information content (AvgIpc) is 2.70. The summed E-state index contributed by atoms with van der Waals surface area (Å²) in [5.74, 6) is 1.52. The van der Waals surface area contributed by atoms with E-state index in [4.69, 9.17) is 0 Å². The highest BCUT2D eigenvalue weighted by molar-refractivity contribution is 7.90. The molecule has 158 valence electrons. The molecule has 0 saturated heterocycles. The zero-order valence-electron chi connectivity index (χ0n) is 17.2. The number of pyridine rings is 3. The molecular formula is C22H21N5O3S. The van der Waals surface area contributed by atoms with Gasteiger partial charge in [0, 0.05) is 31.4 Å². The summed E-state index contributed by atoms with van der Waals surface area (Å²) in [6, 6.07) is 13.7. The van der Waals surface area contributed by atoms with E-state index in [1.54, 1.807) is 37.6 Å². The molecule has 2 N–H and O–H groups in total. The monoisotopic (exact) mass is 435 g/mol. The Labute approximate surface area is 179 Å². The Balaban J connectivity index is 1.79. The molecule has 0 spiro atoms. The summed E-state index contributed by atoms with van der Waals surface area (Å²) >= 11 is 0. The summed E-state index contributed by atoms with van der Waals surface area (Å²) in [4.78, 5) is 21.9. The number of anilines is 4. The molecule has 0 bridgehead atoms. The molecule has 0 amide bonds. The molecule has 0 aliphatic carbocycles. The fourth-order valence-electron chi connectivity index (χ4n) is 3.17. The highest BCUT2D eigenvalue weighted by Crippen LogP contribution is 2.27. The van der Waals surface area contributed by atoms with Crippen molar-refractivity contribution in [1.29, 1.82) is 0 Å². The number of rotatable bonds is 5. The number of aromatic nitrogens is 3. The Morgan fingerprint density at radius 3 is 2.39 bits per heavy atom. The molecule has 3 heterocycles. The topological polar surface area (TPSA) is 106 Å². The van der Waals surface area contributed by atoms with E-state index in [0.29, 0.717) is 33.9 Å². The Hall–Kier alpha value is -3.72. The van der Waals surface area contributed by atoms with Crippen molar-refractivity contribution in [2.45, 2.75) is 11.8 Å². The molecule has 31 heavy (non-hydrogen) atoms. The standard InChI is InChI=1S/C22H21N5O3S/c1-14-8-10-23-18(12-14)25-19-13-15-9-11-27(2)22(28)20(15)21(26-19)24-16-4-6-17(7-5-16)31(3,29)30/h4-13H,1-3H3,(H2,23,24,25,26). The third-order valence-electron chi connectivity index (χ3n) is 4.78. The van der Waals surface area contributed by atoms with Gasteiger partial charge in [-0.3, -0.25) is 4.79 Å². The lowest BCUT2D eigenvalue weighted by atomic mass is 10.2. The molecule has 4 rings (SSSR count). The Morgan fingerprint density at radius 1 is 0.968 bits per heavy atom. The van der Waals surface area contributed by atoms with Gasteiger partial charge in [-0.1, -0.05) is 0 Å².